The zero-order valence-electron chi connectivity index (χ0n) is 12.2. The lowest BCUT2D eigenvalue weighted by molar-refractivity contribution is -0.132. The third-order valence-corrected chi connectivity index (χ3v) is 5.19. The summed E-state index contributed by atoms with van der Waals surface area (Å²) in [5.74, 6) is 0.232. The molecule has 1 spiro atoms. The van der Waals surface area contributed by atoms with Gasteiger partial charge in [-0.15, -0.1) is 0 Å². The number of carbonyl (C=O) groups excluding carboxylic acids is 1. The number of nitrogens with zero attached hydrogens (tertiary/aromatic N) is 1. The first-order valence-electron chi connectivity index (χ1n) is 7.60. The van der Waals surface area contributed by atoms with E-state index in [0.29, 0.717) is 11.5 Å². The number of amides is 1. The van der Waals surface area contributed by atoms with E-state index in [-0.39, 0.29) is 11.9 Å². The Labute approximate surface area is 111 Å². The lowest BCUT2D eigenvalue weighted by Gasteiger charge is -2.53. The molecule has 1 amide bonds. The monoisotopic (exact) mass is 252 g/mol. The van der Waals surface area contributed by atoms with E-state index in [9.17, 15) is 4.79 Å². The molecule has 2 aliphatic rings. The molecule has 0 bridgehead atoms. The summed E-state index contributed by atoms with van der Waals surface area (Å²) in [4.78, 5) is 13.9. The number of hydrogen-bond acceptors (Lipinski definition) is 2. The molecule has 2 saturated carbocycles. The topological polar surface area (TPSA) is 32.3 Å². The van der Waals surface area contributed by atoms with E-state index in [4.69, 9.17) is 0 Å². The second-order valence-corrected chi connectivity index (χ2v) is 6.26. The summed E-state index contributed by atoms with van der Waals surface area (Å²) in [5, 5.41) is 3.60. The Morgan fingerprint density at radius 3 is 2.50 bits per heavy atom. The largest absolute Gasteiger partial charge is 0.345 e. The predicted molar refractivity (Wildman–Crippen MR) is 74.4 cm³/mol. The van der Waals surface area contributed by atoms with Crippen LogP contribution in [-0.2, 0) is 4.79 Å². The second kappa shape index (κ2) is 5.60. The summed E-state index contributed by atoms with van der Waals surface area (Å²) >= 11 is 0. The van der Waals surface area contributed by atoms with E-state index in [1.54, 1.807) is 0 Å². The lowest BCUT2D eigenvalue weighted by Crippen LogP contribution is -2.59. The summed E-state index contributed by atoms with van der Waals surface area (Å²) in [5.41, 5.74) is 0.539. The molecule has 2 rings (SSSR count). The zero-order chi connectivity index (χ0) is 13.2. The van der Waals surface area contributed by atoms with E-state index in [2.05, 4.69) is 5.32 Å². The van der Waals surface area contributed by atoms with Crippen molar-refractivity contribution in [2.45, 2.75) is 70.9 Å². The summed E-state index contributed by atoms with van der Waals surface area (Å²) in [6.07, 6.45) is 9.54. The molecule has 0 aromatic rings. The lowest BCUT2D eigenvalue weighted by atomic mass is 9.57. The molecule has 0 radical (unpaired) electrons. The smallest absolute Gasteiger partial charge is 0.239 e. The quantitative estimate of drug-likeness (QED) is 0.834. The average Bonchev–Trinajstić information content (AvgIpc) is 2.42. The van der Waals surface area contributed by atoms with Crippen molar-refractivity contribution in [1.29, 1.82) is 0 Å². The minimum absolute atomic E-state index is 0.0287. The second-order valence-electron chi connectivity index (χ2n) is 6.26. The van der Waals surface area contributed by atoms with Gasteiger partial charge in [0, 0.05) is 19.6 Å². The fourth-order valence-electron chi connectivity index (χ4n) is 3.67. The van der Waals surface area contributed by atoms with Gasteiger partial charge in [-0.1, -0.05) is 19.3 Å². The standard InChI is InChI=1S/C15H28N2O/c1-4-17(3)14(18)12(2)16-13-8-11-15(13)9-6-5-7-10-15/h12-13,16H,4-11H2,1-3H3. The van der Waals surface area contributed by atoms with Crippen molar-refractivity contribution in [3.8, 4) is 0 Å². The van der Waals surface area contributed by atoms with Crippen molar-refractivity contribution < 1.29 is 4.79 Å². The predicted octanol–water partition coefficient (Wildman–Crippen LogP) is 2.56. The van der Waals surface area contributed by atoms with Crippen molar-refractivity contribution >= 4 is 5.91 Å². The molecule has 0 aromatic heterocycles. The maximum atomic E-state index is 12.1. The minimum Gasteiger partial charge on any atom is -0.345 e. The highest BCUT2D eigenvalue weighted by molar-refractivity contribution is 5.81. The van der Waals surface area contributed by atoms with Crippen LogP contribution >= 0.6 is 0 Å². The van der Waals surface area contributed by atoms with Gasteiger partial charge in [0.25, 0.3) is 0 Å². The fraction of sp³-hybridized carbons (Fsp3) is 0.933. The Hall–Kier alpha value is -0.570. The van der Waals surface area contributed by atoms with E-state index < -0.39 is 0 Å². The first-order chi connectivity index (χ1) is 8.59. The molecule has 2 fully saturated rings. The highest BCUT2D eigenvalue weighted by atomic mass is 16.2. The molecule has 0 heterocycles. The van der Waals surface area contributed by atoms with Gasteiger partial charge in [0.15, 0.2) is 0 Å². The fourth-order valence-corrected chi connectivity index (χ4v) is 3.67. The van der Waals surface area contributed by atoms with Gasteiger partial charge in [-0.25, -0.2) is 0 Å². The summed E-state index contributed by atoms with van der Waals surface area (Å²) in [6.45, 7) is 4.83. The first kappa shape index (κ1) is 13.9. The molecule has 3 heteroatoms. The Balaban J connectivity index is 1.87. The Kier molecular flexibility index (Phi) is 4.31. The summed E-state index contributed by atoms with van der Waals surface area (Å²) < 4.78 is 0. The van der Waals surface area contributed by atoms with Gasteiger partial charge >= 0.3 is 0 Å². The molecule has 1 N–H and O–H groups in total. The van der Waals surface area contributed by atoms with E-state index in [1.165, 1.54) is 44.9 Å². The number of carbonyl (C=O) groups is 1. The highest BCUT2D eigenvalue weighted by Crippen LogP contribution is 2.51. The van der Waals surface area contributed by atoms with E-state index in [0.717, 1.165) is 6.54 Å². The molecule has 0 aliphatic heterocycles. The number of likely N-dealkylation sites (N-methyl/N-ethyl adjacent to an activating group) is 1. The molecule has 2 unspecified atom stereocenters. The third-order valence-electron chi connectivity index (χ3n) is 5.19. The normalized spacial score (nSPS) is 27.6. The molecule has 3 nitrogen and oxygen atoms in total. The van der Waals surface area contributed by atoms with Gasteiger partial charge in [0.1, 0.15) is 0 Å². The van der Waals surface area contributed by atoms with Crippen molar-refractivity contribution in [3.63, 3.8) is 0 Å². The molecule has 0 saturated heterocycles. The molecule has 0 aromatic carbocycles. The van der Waals surface area contributed by atoms with Crippen LogP contribution in [0.15, 0.2) is 0 Å². The van der Waals surface area contributed by atoms with E-state index >= 15 is 0 Å². The van der Waals surface area contributed by atoms with E-state index in [1.807, 2.05) is 25.8 Å². The van der Waals surface area contributed by atoms with Gasteiger partial charge < -0.3 is 10.2 Å². The maximum absolute atomic E-state index is 12.1. The Bertz CT molecular complexity index is 297. The molecular weight excluding hydrogens is 224 g/mol. The van der Waals surface area contributed by atoms with Crippen LogP contribution in [0.25, 0.3) is 0 Å². The van der Waals surface area contributed by atoms with Crippen LogP contribution in [0, 0.1) is 5.41 Å². The van der Waals surface area contributed by atoms with Crippen LogP contribution in [-0.4, -0.2) is 36.5 Å². The van der Waals surface area contributed by atoms with Crippen LogP contribution in [0.4, 0.5) is 0 Å². The summed E-state index contributed by atoms with van der Waals surface area (Å²) in [7, 11) is 1.89. The van der Waals surface area contributed by atoms with Gasteiger partial charge in [0.05, 0.1) is 6.04 Å². The molecule has 18 heavy (non-hydrogen) atoms. The number of rotatable bonds is 4. The molecule has 2 aliphatic carbocycles. The average molecular weight is 252 g/mol. The highest BCUT2D eigenvalue weighted by Gasteiger charge is 2.47. The molecule has 2 atom stereocenters. The van der Waals surface area contributed by atoms with Crippen LogP contribution < -0.4 is 5.32 Å². The summed E-state index contributed by atoms with van der Waals surface area (Å²) in [6, 6.07) is 0.557. The van der Waals surface area contributed by atoms with Gasteiger partial charge in [-0.05, 0) is 44.9 Å². The van der Waals surface area contributed by atoms with Gasteiger partial charge in [-0.2, -0.15) is 0 Å². The van der Waals surface area contributed by atoms with Crippen LogP contribution in [0.5, 0.6) is 0 Å². The number of hydrogen-bond donors (Lipinski definition) is 1. The zero-order valence-corrected chi connectivity index (χ0v) is 12.2. The third kappa shape index (κ3) is 2.56. The van der Waals surface area contributed by atoms with Crippen molar-refractivity contribution in [3.05, 3.63) is 0 Å². The van der Waals surface area contributed by atoms with Gasteiger partial charge in [-0.3, -0.25) is 4.79 Å². The SMILES string of the molecule is CCN(C)C(=O)C(C)NC1CCC12CCCCC2. The van der Waals surface area contributed by atoms with Crippen molar-refractivity contribution in [2.24, 2.45) is 5.41 Å². The minimum atomic E-state index is -0.0287. The van der Waals surface area contributed by atoms with Crippen LogP contribution in [0.3, 0.4) is 0 Å². The maximum Gasteiger partial charge on any atom is 0.239 e. The Morgan fingerprint density at radius 1 is 1.33 bits per heavy atom. The van der Waals surface area contributed by atoms with Crippen LogP contribution in [0.1, 0.15) is 58.8 Å². The molecule has 104 valence electrons. The number of nitrogens with one attached hydrogen (secondary N) is 1. The van der Waals surface area contributed by atoms with Crippen molar-refractivity contribution in [2.75, 3.05) is 13.6 Å². The first-order valence-corrected chi connectivity index (χ1v) is 7.60. The van der Waals surface area contributed by atoms with Crippen LogP contribution in [0.2, 0.25) is 0 Å². The van der Waals surface area contributed by atoms with Crippen molar-refractivity contribution in [1.82, 2.24) is 10.2 Å². The Morgan fingerprint density at radius 2 is 2.00 bits per heavy atom. The van der Waals surface area contributed by atoms with Gasteiger partial charge in [0.2, 0.25) is 5.91 Å². The molecular formula is C15H28N2O.